The summed E-state index contributed by atoms with van der Waals surface area (Å²) in [5.74, 6) is 0.170. The number of nitriles is 1. The average molecular weight is 367 g/mol. The summed E-state index contributed by atoms with van der Waals surface area (Å²) in [4.78, 5) is -0.0895. The van der Waals surface area contributed by atoms with E-state index in [9.17, 15) is 8.42 Å². The maximum Gasteiger partial charge on any atom is 0.241 e. The molecule has 0 amide bonds. The first-order valence-corrected chi connectivity index (χ1v) is 8.18. The van der Waals surface area contributed by atoms with Crippen LogP contribution in [0.1, 0.15) is 11.1 Å². The quantitative estimate of drug-likeness (QED) is 0.899. The molecule has 0 bridgehead atoms. The van der Waals surface area contributed by atoms with Crippen molar-refractivity contribution in [2.24, 2.45) is 5.14 Å². The minimum Gasteiger partial charge on any atom is -0.487 e. The second-order valence-electron chi connectivity index (χ2n) is 4.24. The normalized spacial score (nSPS) is 10.9. The summed E-state index contributed by atoms with van der Waals surface area (Å²) in [6.45, 7) is 0.139. The lowest BCUT2D eigenvalue weighted by atomic mass is 10.1. The molecular weight excluding hydrogens is 356 g/mol. The predicted octanol–water partition coefficient (Wildman–Crippen LogP) is 2.55. The van der Waals surface area contributed by atoms with Crippen LogP contribution < -0.4 is 9.88 Å². The summed E-state index contributed by atoms with van der Waals surface area (Å²) in [6, 6.07) is 13.5. The van der Waals surface area contributed by atoms with E-state index in [0.717, 1.165) is 5.56 Å². The van der Waals surface area contributed by atoms with Crippen molar-refractivity contribution in [3.8, 4) is 11.8 Å². The van der Waals surface area contributed by atoms with Crippen LogP contribution in [0, 0.1) is 11.3 Å². The third kappa shape index (κ3) is 4.04. The highest BCUT2D eigenvalue weighted by molar-refractivity contribution is 9.10. The molecule has 0 saturated carbocycles. The molecule has 7 heteroatoms. The number of rotatable bonds is 4. The van der Waals surface area contributed by atoms with Crippen LogP contribution in [0.2, 0.25) is 0 Å². The van der Waals surface area contributed by atoms with E-state index in [1.807, 2.05) is 6.07 Å². The molecule has 0 unspecified atom stereocenters. The van der Waals surface area contributed by atoms with Crippen LogP contribution in [0.3, 0.4) is 0 Å². The molecule has 0 aromatic heterocycles. The van der Waals surface area contributed by atoms with Crippen LogP contribution in [-0.2, 0) is 16.6 Å². The molecule has 0 heterocycles. The van der Waals surface area contributed by atoms with Gasteiger partial charge in [0.1, 0.15) is 17.3 Å². The van der Waals surface area contributed by atoms with E-state index < -0.39 is 10.0 Å². The minimum atomic E-state index is -3.88. The average Bonchev–Trinajstić information content (AvgIpc) is 2.45. The molecule has 0 radical (unpaired) electrons. The molecule has 0 saturated heterocycles. The number of ether oxygens (including phenoxy) is 1. The summed E-state index contributed by atoms with van der Waals surface area (Å²) in [5.41, 5.74) is 1.27. The Morgan fingerprint density at radius 2 is 2.00 bits per heavy atom. The molecular formula is C14H11BrN2O3S. The van der Waals surface area contributed by atoms with E-state index in [1.165, 1.54) is 12.1 Å². The molecule has 0 aliphatic heterocycles. The van der Waals surface area contributed by atoms with Crippen LogP contribution >= 0.6 is 15.9 Å². The molecule has 2 aromatic carbocycles. The van der Waals surface area contributed by atoms with Gasteiger partial charge in [0, 0.05) is 4.47 Å². The molecule has 2 rings (SSSR count). The van der Waals surface area contributed by atoms with Crippen molar-refractivity contribution in [1.82, 2.24) is 0 Å². The number of hydrogen-bond donors (Lipinski definition) is 1. The molecule has 5 nitrogen and oxygen atoms in total. The largest absolute Gasteiger partial charge is 0.487 e. The second kappa shape index (κ2) is 6.26. The predicted molar refractivity (Wildman–Crippen MR) is 81.0 cm³/mol. The zero-order chi connectivity index (χ0) is 15.5. The first-order chi connectivity index (χ1) is 9.90. The number of primary sulfonamides is 1. The molecule has 0 aliphatic carbocycles. The fourth-order valence-corrected chi connectivity index (χ4v) is 2.93. The number of nitrogens with two attached hydrogens (primary N) is 1. The lowest BCUT2D eigenvalue weighted by Gasteiger charge is -2.11. The van der Waals surface area contributed by atoms with Gasteiger partial charge in [0.05, 0.1) is 11.6 Å². The Morgan fingerprint density at radius 1 is 1.24 bits per heavy atom. The lowest BCUT2D eigenvalue weighted by Crippen LogP contribution is -2.14. The number of sulfonamides is 1. The molecule has 2 N–H and O–H groups in total. The van der Waals surface area contributed by atoms with E-state index in [0.29, 0.717) is 10.0 Å². The van der Waals surface area contributed by atoms with Gasteiger partial charge in [-0.2, -0.15) is 5.26 Å². The van der Waals surface area contributed by atoms with Crippen molar-refractivity contribution in [3.05, 3.63) is 58.1 Å². The molecule has 21 heavy (non-hydrogen) atoms. The molecule has 0 aliphatic rings. The Morgan fingerprint density at radius 3 is 2.67 bits per heavy atom. The third-order valence-electron chi connectivity index (χ3n) is 2.66. The summed E-state index contributed by atoms with van der Waals surface area (Å²) >= 11 is 3.19. The Kier molecular flexibility index (Phi) is 4.63. The fourth-order valence-electron chi connectivity index (χ4n) is 1.72. The number of nitrogens with zero attached hydrogens (tertiary/aromatic N) is 1. The standard InChI is InChI=1S/C14H11BrN2O3S/c15-12-4-5-13(14(7-12)21(17,18)19)20-9-11-3-1-2-10(6-11)8-16/h1-7H,9H2,(H2,17,18,19). The Balaban J connectivity index is 2.26. The highest BCUT2D eigenvalue weighted by Crippen LogP contribution is 2.27. The summed E-state index contributed by atoms with van der Waals surface area (Å²) < 4.78 is 29.2. The molecule has 108 valence electrons. The van der Waals surface area contributed by atoms with E-state index in [4.69, 9.17) is 15.1 Å². The molecule has 0 fully saturated rings. The van der Waals surface area contributed by atoms with Gasteiger partial charge in [-0.05, 0) is 35.9 Å². The van der Waals surface area contributed by atoms with Crippen LogP contribution in [-0.4, -0.2) is 8.42 Å². The van der Waals surface area contributed by atoms with Gasteiger partial charge < -0.3 is 4.74 Å². The smallest absolute Gasteiger partial charge is 0.241 e. The minimum absolute atomic E-state index is 0.0895. The topological polar surface area (TPSA) is 93.2 Å². The van der Waals surface area contributed by atoms with Gasteiger partial charge in [-0.3, -0.25) is 0 Å². The highest BCUT2D eigenvalue weighted by atomic mass is 79.9. The number of hydrogen-bond acceptors (Lipinski definition) is 4. The van der Waals surface area contributed by atoms with Gasteiger partial charge in [0.2, 0.25) is 10.0 Å². The fraction of sp³-hybridized carbons (Fsp3) is 0.0714. The summed E-state index contributed by atoms with van der Waals surface area (Å²) in [7, 11) is -3.88. The molecule has 0 spiro atoms. The number of halogens is 1. The zero-order valence-corrected chi connectivity index (χ0v) is 13.2. The van der Waals surface area contributed by atoms with Crippen LogP contribution in [0.25, 0.3) is 0 Å². The second-order valence-corrected chi connectivity index (χ2v) is 6.68. The van der Waals surface area contributed by atoms with Crippen molar-refractivity contribution < 1.29 is 13.2 Å². The van der Waals surface area contributed by atoms with Crippen LogP contribution in [0.4, 0.5) is 0 Å². The van der Waals surface area contributed by atoms with Crippen molar-refractivity contribution >= 4 is 26.0 Å². The van der Waals surface area contributed by atoms with E-state index in [2.05, 4.69) is 15.9 Å². The summed E-state index contributed by atoms with van der Waals surface area (Å²) in [5, 5.41) is 14.0. The Hall–Kier alpha value is -1.88. The first-order valence-electron chi connectivity index (χ1n) is 5.84. The van der Waals surface area contributed by atoms with E-state index >= 15 is 0 Å². The number of benzene rings is 2. The SMILES string of the molecule is N#Cc1cccc(COc2ccc(Br)cc2S(N)(=O)=O)c1. The highest BCUT2D eigenvalue weighted by Gasteiger charge is 2.15. The van der Waals surface area contributed by atoms with Gasteiger partial charge >= 0.3 is 0 Å². The third-order valence-corrected chi connectivity index (χ3v) is 4.09. The van der Waals surface area contributed by atoms with Gasteiger partial charge in [0.25, 0.3) is 0 Å². The monoisotopic (exact) mass is 366 g/mol. The van der Waals surface area contributed by atoms with E-state index in [1.54, 1.807) is 30.3 Å². The van der Waals surface area contributed by atoms with E-state index in [-0.39, 0.29) is 17.3 Å². The lowest BCUT2D eigenvalue weighted by molar-refractivity contribution is 0.298. The van der Waals surface area contributed by atoms with Crippen molar-refractivity contribution in [3.63, 3.8) is 0 Å². The Bertz CT molecular complexity index is 813. The van der Waals surface area contributed by atoms with Gasteiger partial charge in [-0.1, -0.05) is 28.1 Å². The van der Waals surface area contributed by atoms with Crippen molar-refractivity contribution in [2.45, 2.75) is 11.5 Å². The van der Waals surface area contributed by atoms with Gasteiger partial charge in [-0.15, -0.1) is 0 Å². The maximum atomic E-state index is 11.6. The molecule has 2 aromatic rings. The van der Waals surface area contributed by atoms with Gasteiger partial charge in [0.15, 0.2) is 0 Å². The van der Waals surface area contributed by atoms with Crippen LogP contribution in [0.15, 0.2) is 51.8 Å². The van der Waals surface area contributed by atoms with Crippen molar-refractivity contribution in [2.75, 3.05) is 0 Å². The zero-order valence-electron chi connectivity index (χ0n) is 10.8. The summed E-state index contributed by atoms with van der Waals surface area (Å²) in [6.07, 6.45) is 0. The maximum absolute atomic E-state index is 11.6. The molecule has 0 atom stereocenters. The van der Waals surface area contributed by atoms with Crippen molar-refractivity contribution in [1.29, 1.82) is 5.26 Å². The van der Waals surface area contributed by atoms with Crippen LogP contribution in [0.5, 0.6) is 5.75 Å². The first kappa shape index (κ1) is 15.5. The van der Waals surface area contributed by atoms with Gasteiger partial charge in [-0.25, -0.2) is 13.6 Å². The Labute approximate surface area is 131 Å².